The van der Waals surface area contributed by atoms with Crippen molar-refractivity contribution >= 4 is 10.0 Å². The third-order valence-electron chi connectivity index (χ3n) is 3.64. The predicted octanol–water partition coefficient (Wildman–Crippen LogP) is 0.812. The van der Waals surface area contributed by atoms with Gasteiger partial charge >= 0.3 is 0 Å². The Morgan fingerprint density at radius 1 is 1.33 bits per heavy atom. The number of hydrogen-bond donors (Lipinski definition) is 1. The Labute approximate surface area is 123 Å². The van der Waals surface area contributed by atoms with Crippen molar-refractivity contribution in [2.75, 3.05) is 33.9 Å². The molecule has 0 amide bonds. The van der Waals surface area contributed by atoms with Crippen molar-refractivity contribution in [2.24, 2.45) is 11.7 Å². The Hall–Kier alpha value is -1.38. The predicted molar refractivity (Wildman–Crippen MR) is 75.4 cm³/mol. The molecule has 8 heteroatoms. The van der Waals surface area contributed by atoms with Gasteiger partial charge in [0.15, 0.2) is 11.5 Å². The molecule has 1 aromatic rings. The average molecular weight is 318 g/mol. The normalized spacial score (nSPS) is 19.7. The minimum Gasteiger partial charge on any atom is -0.493 e. The number of nitrogens with zero attached hydrogens (tertiary/aromatic N) is 1. The summed E-state index contributed by atoms with van der Waals surface area (Å²) in [5.74, 6) is -0.422. The van der Waals surface area contributed by atoms with E-state index < -0.39 is 20.7 Å². The van der Waals surface area contributed by atoms with Crippen molar-refractivity contribution in [3.05, 3.63) is 17.9 Å². The van der Waals surface area contributed by atoms with Crippen LogP contribution in [0.2, 0.25) is 0 Å². The standard InChI is InChI=1S/C13H19FN2O4S/c1-19-11-5-10(14)13(6-12(11)20-2)21(17,18)16-4-3-9(7-15)8-16/h5-6,9H,3-4,7-8,15H2,1-2H3. The lowest BCUT2D eigenvalue weighted by Crippen LogP contribution is -2.30. The molecular formula is C13H19FN2O4S. The number of benzene rings is 1. The molecule has 1 aliphatic rings. The number of methoxy groups -OCH3 is 2. The molecule has 2 N–H and O–H groups in total. The molecule has 1 atom stereocenters. The van der Waals surface area contributed by atoms with Crippen molar-refractivity contribution < 1.29 is 22.3 Å². The summed E-state index contributed by atoms with van der Waals surface area (Å²) < 4.78 is 50.4. The summed E-state index contributed by atoms with van der Waals surface area (Å²) >= 11 is 0. The quantitative estimate of drug-likeness (QED) is 0.869. The Kier molecular flexibility index (Phi) is 4.70. The lowest BCUT2D eigenvalue weighted by atomic mass is 10.1. The van der Waals surface area contributed by atoms with Crippen LogP contribution in [-0.4, -0.2) is 46.6 Å². The number of ether oxygens (including phenoxy) is 2. The Morgan fingerprint density at radius 2 is 1.95 bits per heavy atom. The summed E-state index contributed by atoms with van der Waals surface area (Å²) in [6.45, 7) is 1.07. The van der Waals surface area contributed by atoms with Crippen molar-refractivity contribution in [1.29, 1.82) is 0 Å². The first-order valence-electron chi connectivity index (χ1n) is 6.55. The fourth-order valence-corrected chi connectivity index (χ4v) is 3.97. The van der Waals surface area contributed by atoms with Gasteiger partial charge in [0.05, 0.1) is 14.2 Å². The molecule has 0 bridgehead atoms. The smallest absolute Gasteiger partial charge is 0.246 e. The minimum atomic E-state index is -3.90. The average Bonchev–Trinajstić information content (AvgIpc) is 2.96. The molecule has 0 spiro atoms. The summed E-state index contributed by atoms with van der Waals surface area (Å²) in [6.07, 6.45) is 0.685. The van der Waals surface area contributed by atoms with Crippen molar-refractivity contribution in [3.8, 4) is 11.5 Å². The molecule has 2 rings (SSSR count). The van der Waals surface area contributed by atoms with Gasteiger partial charge in [-0.05, 0) is 18.9 Å². The molecule has 6 nitrogen and oxygen atoms in total. The second kappa shape index (κ2) is 6.17. The fraction of sp³-hybridized carbons (Fsp3) is 0.538. The van der Waals surface area contributed by atoms with E-state index in [1.54, 1.807) is 0 Å². The van der Waals surface area contributed by atoms with Crippen LogP contribution < -0.4 is 15.2 Å². The molecule has 1 aliphatic heterocycles. The summed E-state index contributed by atoms with van der Waals surface area (Å²) in [6, 6.07) is 2.17. The van der Waals surface area contributed by atoms with Gasteiger partial charge in [-0.15, -0.1) is 0 Å². The van der Waals surface area contributed by atoms with E-state index in [1.165, 1.54) is 18.5 Å². The van der Waals surface area contributed by atoms with Crippen LogP contribution in [0.5, 0.6) is 11.5 Å². The molecule has 118 valence electrons. The van der Waals surface area contributed by atoms with Crippen LogP contribution >= 0.6 is 0 Å². The number of nitrogens with two attached hydrogens (primary N) is 1. The van der Waals surface area contributed by atoms with Crippen LogP contribution in [0.4, 0.5) is 4.39 Å². The van der Waals surface area contributed by atoms with Crippen LogP contribution in [0.15, 0.2) is 17.0 Å². The van der Waals surface area contributed by atoms with Crippen molar-refractivity contribution in [2.45, 2.75) is 11.3 Å². The highest BCUT2D eigenvalue weighted by atomic mass is 32.2. The van der Waals surface area contributed by atoms with Crippen LogP contribution in [0.3, 0.4) is 0 Å². The lowest BCUT2D eigenvalue weighted by molar-refractivity contribution is 0.349. The third-order valence-corrected chi connectivity index (χ3v) is 5.52. The molecule has 0 aliphatic carbocycles. The molecule has 1 fully saturated rings. The summed E-state index contributed by atoms with van der Waals surface area (Å²) in [5, 5.41) is 0. The highest BCUT2D eigenvalue weighted by Crippen LogP contribution is 2.34. The zero-order valence-corrected chi connectivity index (χ0v) is 12.8. The Balaban J connectivity index is 2.41. The number of halogens is 1. The van der Waals surface area contributed by atoms with Gasteiger partial charge in [0.25, 0.3) is 0 Å². The minimum absolute atomic E-state index is 0.114. The van der Waals surface area contributed by atoms with Crippen molar-refractivity contribution in [3.63, 3.8) is 0 Å². The first kappa shape index (κ1) is 16.0. The van der Waals surface area contributed by atoms with E-state index in [-0.39, 0.29) is 17.4 Å². The number of rotatable bonds is 5. The molecule has 21 heavy (non-hydrogen) atoms. The monoisotopic (exact) mass is 318 g/mol. The van der Waals surface area contributed by atoms with Gasteiger partial charge in [-0.2, -0.15) is 4.31 Å². The molecule has 1 heterocycles. The van der Waals surface area contributed by atoms with E-state index in [9.17, 15) is 12.8 Å². The number of sulfonamides is 1. The van der Waals surface area contributed by atoms with Gasteiger partial charge < -0.3 is 15.2 Å². The van der Waals surface area contributed by atoms with Gasteiger partial charge in [0, 0.05) is 25.2 Å². The molecule has 1 aromatic carbocycles. The highest BCUT2D eigenvalue weighted by Gasteiger charge is 2.34. The summed E-state index contributed by atoms with van der Waals surface area (Å²) in [5.41, 5.74) is 5.56. The second-order valence-corrected chi connectivity index (χ2v) is 6.80. The van der Waals surface area contributed by atoms with Crippen LogP contribution in [0.1, 0.15) is 6.42 Å². The van der Waals surface area contributed by atoms with E-state index >= 15 is 0 Å². The molecule has 0 aromatic heterocycles. The molecule has 1 unspecified atom stereocenters. The van der Waals surface area contributed by atoms with Gasteiger partial charge in [-0.1, -0.05) is 0 Å². The Morgan fingerprint density at radius 3 is 2.48 bits per heavy atom. The summed E-state index contributed by atoms with van der Waals surface area (Å²) in [4.78, 5) is -0.405. The first-order valence-corrected chi connectivity index (χ1v) is 7.99. The van der Waals surface area contributed by atoms with E-state index in [0.29, 0.717) is 26.1 Å². The highest BCUT2D eigenvalue weighted by molar-refractivity contribution is 7.89. The molecule has 1 saturated heterocycles. The number of hydrogen-bond acceptors (Lipinski definition) is 5. The van der Waals surface area contributed by atoms with E-state index in [0.717, 1.165) is 12.1 Å². The molecular weight excluding hydrogens is 299 g/mol. The van der Waals surface area contributed by atoms with Gasteiger partial charge in [-0.3, -0.25) is 0 Å². The maximum absolute atomic E-state index is 14.1. The third kappa shape index (κ3) is 2.97. The van der Waals surface area contributed by atoms with Gasteiger partial charge in [-0.25, -0.2) is 12.8 Å². The van der Waals surface area contributed by atoms with Crippen molar-refractivity contribution in [1.82, 2.24) is 4.31 Å². The maximum atomic E-state index is 14.1. The first-order chi connectivity index (χ1) is 9.93. The zero-order chi connectivity index (χ0) is 15.6. The molecule has 0 saturated carbocycles. The van der Waals surface area contributed by atoms with E-state index in [2.05, 4.69) is 0 Å². The van der Waals surface area contributed by atoms with Crippen LogP contribution in [-0.2, 0) is 10.0 Å². The lowest BCUT2D eigenvalue weighted by Gasteiger charge is -2.18. The fourth-order valence-electron chi connectivity index (χ4n) is 2.38. The van der Waals surface area contributed by atoms with E-state index in [1.807, 2.05) is 0 Å². The Bertz CT molecular complexity index is 621. The zero-order valence-electron chi connectivity index (χ0n) is 12.0. The largest absolute Gasteiger partial charge is 0.493 e. The maximum Gasteiger partial charge on any atom is 0.246 e. The molecule has 0 radical (unpaired) electrons. The van der Waals surface area contributed by atoms with Crippen LogP contribution in [0.25, 0.3) is 0 Å². The van der Waals surface area contributed by atoms with Crippen LogP contribution in [0, 0.1) is 11.7 Å². The van der Waals surface area contributed by atoms with E-state index in [4.69, 9.17) is 15.2 Å². The second-order valence-electron chi connectivity index (χ2n) is 4.89. The summed E-state index contributed by atoms with van der Waals surface area (Å²) in [7, 11) is -1.18. The topological polar surface area (TPSA) is 81.9 Å². The van der Waals surface area contributed by atoms with Gasteiger partial charge in [0.1, 0.15) is 10.7 Å². The van der Waals surface area contributed by atoms with Gasteiger partial charge in [0.2, 0.25) is 10.0 Å². The SMILES string of the molecule is COc1cc(F)c(S(=O)(=O)N2CCC(CN)C2)cc1OC.